The number of benzene rings is 3. The van der Waals surface area contributed by atoms with E-state index in [0.29, 0.717) is 0 Å². The lowest BCUT2D eigenvalue weighted by atomic mass is 9.91. The van der Waals surface area contributed by atoms with E-state index in [1.54, 1.807) is 0 Å². The molecule has 0 fully saturated rings. The zero-order valence-corrected chi connectivity index (χ0v) is 13.8. The molecule has 124 valence electrons. The van der Waals surface area contributed by atoms with Gasteiger partial charge in [0, 0.05) is 5.56 Å². The molecule has 0 saturated heterocycles. The van der Waals surface area contributed by atoms with Crippen molar-refractivity contribution >= 4 is 16.8 Å². The number of fused-ring (bicyclic) bond motifs is 3. The molecule has 5 rings (SSSR count). The van der Waals surface area contributed by atoms with Gasteiger partial charge in [0.1, 0.15) is 0 Å². The van der Waals surface area contributed by atoms with Crippen LogP contribution in [-0.2, 0) is 0 Å². The summed E-state index contributed by atoms with van der Waals surface area (Å²) in [5.74, 6) is 3.12. The van der Waals surface area contributed by atoms with Crippen molar-refractivity contribution in [3.8, 4) is 34.1 Å². The summed E-state index contributed by atoms with van der Waals surface area (Å²) in [6.45, 7) is 6.61. The second-order valence-corrected chi connectivity index (χ2v) is 6.13. The molecule has 25 heavy (non-hydrogen) atoms. The third-order valence-electron chi connectivity index (χ3n) is 4.85. The average Bonchev–Trinajstić information content (AvgIpc) is 3.28. The van der Waals surface area contributed by atoms with Crippen molar-refractivity contribution in [2.24, 2.45) is 0 Å². The van der Waals surface area contributed by atoms with Crippen molar-refractivity contribution in [2.45, 2.75) is 6.92 Å². The Labute approximate surface area is 145 Å². The molecular formula is C21H16O4. The summed E-state index contributed by atoms with van der Waals surface area (Å²) in [4.78, 5) is 0. The van der Waals surface area contributed by atoms with Gasteiger partial charge < -0.3 is 18.9 Å². The minimum atomic E-state index is 0.250. The standard InChI is InChI=1S/C21H16O4/c1-3-14-16(6-7-18-21(14)25-11-22-18)15-5-4-13-8-19-20(24-10-23-19)9-17(13)12(15)2/h3-9H,1,10-11H2,2H3. The van der Waals surface area contributed by atoms with Crippen molar-refractivity contribution < 1.29 is 18.9 Å². The van der Waals surface area contributed by atoms with Crippen LogP contribution in [0.1, 0.15) is 11.1 Å². The monoisotopic (exact) mass is 332 g/mol. The van der Waals surface area contributed by atoms with Gasteiger partial charge in [0.25, 0.3) is 0 Å². The molecule has 3 aromatic rings. The summed E-state index contributed by atoms with van der Waals surface area (Å²) in [6.07, 6.45) is 1.83. The highest BCUT2D eigenvalue weighted by Crippen LogP contribution is 2.44. The van der Waals surface area contributed by atoms with E-state index < -0.39 is 0 Å². The van der Waals surface area contributed by atoms with Crippen molar-refractivity contribution in [2.75, 3.05) is 13.6 Å². The normalized spacial score (nSPS) is 14.1. The van der Waals surface area contributed by atoms with E-state index in [2.05, 4.69) is 37.8 Å². The summed E-state index contributed by atoms with van der Waals surface area (Å²) < 4.78 is 22.1. The molecule has 4 heteroatoms. The maximum absolute atomic E-state index is 5.64. The lowest BCUT2D eigenvalue weighted by molar-refractivity contribution is 0.173. The van der Waals surface area contributed by atoms with Gasteiger partial charge in [-0.2, -0.15) is 0 Å². The molecule has 0 unspecified atom stereocenters. The molecule has 0 amide bonds. The van der Waals surface area contributed by atoms with Crippen LogP contribution < -0.4 is 18.9 Å². The van der Waals surface area contributed by atoms with Crippen LogP contribution in [0.2, 0.25) is 0 Å². The Hall–Kier alpha value is -3.14. The van der Waals surface area contributed by atoms with Crippen LogP contribution in [0.15, 0.2) is 43.0 Å². The van der Waals surface area contributed by atoms with E-state index in [1.165, 1.54) is 5.56 Å². The maximum atomic E-state index is 5.64. The molecule has 0 radical (unpaired) electrons. The van der Waals surface area contributed by atoms with Gasteiger partial charge in [-0.3, -0.25) is 0 Å². The summed E-state index contributed by atoms with van der Waals surface area (Å²) >= 11 is 0. The van der Waals surface area contributed by atoms with E-state index >= 15 is 0 Å². The molecular weight excluding hydrogens is 316 g/mol. The quantitative estimate of drug-likeness (QED) is 0.668. The highest BCUT2D eigenvalue weighted by Gasteiger charge is 2.22. The second kappa shape index (κ2) is 5.18. The third-order valence-corrected chi connectivity index (χ3v) is 4.85. The van der Waals surface area contributed by atoms with Crippen molar-refractivity contribution in [3.05, 3.63) is 54.1 Å². The lowest BCUT2D eigenvalue weighted by Crippen LogP contribution is -1.94. The van der Waals surface area contributed by atoms with Crippen LogP contribution in [0.3, 0.4) is 0 Å². The van der Waals surface area contributed by atoms with Crippen LogP contribution >= 0.6 is 0 Å². The first-order valence-corrected chi connectivity index (χ1v) is 8.14. The molecule has 0 N–H and O–H groups in total. The highest BCUT2D eigenvalue weighted by molar-refractivity contribution is 5.95. The number of ether oxygens (including phenoxy) is 4. The molecule has 0 aromatic heterocycles. The summed E-state index contributed by atoms with van der Waals surface area (Å²) in [7, 11) is 0. The van der Waals surface area contributed by atoms with Gasteiger partial charge in [-0.1, -0.05) is 24.8 Å². The van der Waals surface area contributed by atoms with E-state index in [4.69, 9.17) is 18.9 Å². The first kappa shape index (κ1) is 14.2. The van der Waals surface area contributed by atoms with Crippen LogP contribution in [0.25, 0.3) is 28.0 Å². The Bertz CT molecular complexity index is 1040. The Morgan fingerprint density at radius 1 is 0.840 bits per heavy atom. The van der Waals surface area contributed by atoms with E-state index in [9.17, 15) is 0 Å². The highest BCUT2D eigenvalue weighted by atomic mass is 16.7. The lowest BCUT2D eigenvalue weighted by Gasteiger charge is -2.14. The molecule has 0 saturated carbocycles. The van der Waals surface area contributed by atoms with Gasteiger partial charge in [0.2, 0.25) is 13.6 Å². The fourth-order valence-electron chi connectivity index (χ4n) is 3.59. The zero-order chi connectivity index (χ0) is 17.0. The first-order valence-electron chi connectivity index (χ1n) is 8.14. The van der Waals surface area contributed by atoms with Gasteiger partial charge >= 0.3 is 0 Å². The molecule has 0 atom stereocenters. The number of rotatable bonds is 2. The Balaban J connectivity index is 1.75. The Kier molecular flexibility index (Phi) is 2.95. The Morgan fingerprint density at radius 3 is 2.40 bits per heavy atom. The zero-order valence-electron chi connectivity index (χ0n) is 13.8. The second-order valence-electron chi connectivity index (χ2n) is 6.13. The summed E-state index contributed by atoms with van der Waals surface area (Å²) in [6, 6.07) is 12.3. The predicted molar refractivity (Wildman–Crippen MR) is 96.5 cm³/mol. The van der Waals surface area contributed by atoms with Crippen LogP contribution in [0, 0.1) is 6.92 Å². The van der Waals surface area contributed by atoms with Crippen molar-refractivity contribution in [1.29, 1.82) is 0 Å². The molecule has 2 aliphatic rings. The van der Waals surface area contributed by atoms with E-state index in [-0.39, 0.29) is 13.6 Å². The van der Waals surface area contributed by atoms with Crippen LogP contribution in [0.5, 0.6) is 23.0 Å². The molecule has 0 aliphatic carbocycles. The van der Waals surface area contributed by atoms with E-state index in [0.717, 1.165) is 50.5 Å². The average molecular weight is 332 g/mol. The van der Waals surface area contributed by atoms with Gasteiger partial charge in [-0.25, -0.2) is 0 Å². The predicted octanol–water partition coefficient (Wildman–Crippen LogP) is 4.92. The molecule has 0 spiro atoms. The number of hydrogen-bond donors (Lipinski definition) is 0. The van der Waals surface area contributed by atoms with Gasteiger partial charge in [0.05, 0.1) is 0 Å². The first-order chi connectivity index (χ1) is 12.3. The van der Waals surface area contributed by atoms with Gasteiger partial charge in [0.15, 0.2) is 23.0 Å². The molecule has 4 nitrogen and oxygen atoms in total. The fraction of sp³-hybridized carbons (Fsp3) is 0.143. The molecule has 2 heterocycles. The largest absolute Gasteiger partial charge is 0.454 e. The van der Waals surface area contributed by atoms with Crippen molar-refractivity contribution in [1.82, 2.24) is 0 Å². The molecule has 3 aromatic carbocycles. The number of aryl methyl sites for hydroxylation is 1. The minimum Gasteiger partial charge on any atom is -0.454 e. The van der Waals surface area contributed by atoms with Crippen LogP contribution in [0.4, 0.5) is 0 Å². The van der Waals surface area contributed by atoms with Gasteiger partial charge in [-0.15, -0.1) is 0 Å². The molecule has 2 aliphatic heterocycles. The maximum Gasteiger partial charge on any atom is 0.231 e. The smallest absolute Gasteiger partial charge is 0.231 e. The minimum absolute atomic E-state index is 0.250. The number of hydrogen-bond acceptors (Lipinski definition) is 4. The third kappa shape index (κ3) is 2.00. The van der Waals surface area contributed by atoms with E-state index in [1.807, 2.05) is 18.2 Å². The summed E-state index contributed by atoms with van der Waals surface area (Å²) in [5.41, 5.74) is 4.35. The SMILES string of the molecule is C=Cc1c(-c2ccc3cc4c(cc3c2C)OCO4)ccc2c1OCO2. The topological polar surface area (TPSA) is 36.9 Å². The molecule has 0 bridgehead atoms. The van der Waals surface area contributed by atoms with Gasteiger partial charge in [-0.05, 0) is 58.7 Å². The van der Waals surface area contributed by atoms with Crippen molar-refractivity contribution in [3.63, 3.8) is 0 Å². The fourth-order valence-corrected chi connectivity index (χ4v) is 3.59. The Morgan fingerprint density at radius 2 is 1.56 bits per heavy atom. The summed E-state index contributed by atoms with van der Waals surface area (Å²) in [5, 5.41) is 2.28. The van der Waals surface area contributed by atoms with Crippen LogP contribution in [-0.4, -0.2) is 13.6 Å².